The molecule has 5 rings (SSSR count). The number of aromatic nitrogens is 4. The Balaban J connectivity index is 1.53. The van der Waals surface area contributed by atoms with Crippen LogP contribution < -0.4 is 15.5 Å². The first-order valence-corrected chi connectivity index (χ1v) is 10.3. The number of hydrogen-bond donors (Lipinski definition) is 3. The number of imidazole rings is 1. The lowest BCUT2D eigenvalue weighted by Gasteiger charge is -2.37. The first kappa shape index (κ1) is 19.3. The van der Waals surface area contributed by atoms with Crippen molar-refractivity contribution in [2.24, 2.45) is 0 Å². The molecule has 1 aliphatic heterocycles. The van der Waals surface area contributed by atoms with Crippen molar-refractivity contribution < 1.29 is 4.39 Å². The van der Waals surface area contributed by atoms with Crippen molar-refractivity contribution in [2.75, 3.05) is 23.3 Å². The topological polar surface area (TPSA) is 97.1 Å². The van der Waals surface area contributed by atoms with Gasteiger partial charge in [-0.1, -0.05) is 0 Å². The van der Waals surface area contributed by atoms with Crippen LogP contribution in [-0.2, 0) is 0 Å². The summed E-state index contributed by atoms with van der Waals surface area (Å²) in [6.07, 6.45) is 3.51. The van der Waals surface area contributed by atoms with Crippen molar-refractivity contribution in [2.45, 2.75) is 32.9 Å². The summed E-state index contributed by atoms with van der Waals surface area (Å²) in [6.45, 7) is 7.86. The van der Waals surface area contributed by atoms with Gasteiger partial charge in [0.2, 0.25) is 0 Å². The Kier molecular flexibility index (Phi) is 4.52. The Labute approximate surface area is 178 Å². The number of nitrogens with zero attached hydrogens (tertiary/aromatic N) is 5. The van der Waals surface area contributed by atoms with Crippen LogP contribution in [0.5, 0.6) is 0 Å². The quantitative estimate of drug-likeness (QED) is 0.471. The van der Waals surface area contributed by atoms with E-state index in [2.05, 4.69) is 50.6 Å². The minimum atomic E-state index is -0.428. The predicted octanol–water partition coefficient (Wildman–Crippen LogP) is 3.46. The highest BCUT2D eigenvalue weighted by Gasteiger charge is 2.23. The summed E-state index contributed by atoms with van der Waals surface area (Å²) in [5.41, 5.74) is 3.79. The minimum Gasteiger partial charge on any atom is -0.368 e. The van der Waals surface area contributed by atoms with Crippen molar-refractivity contribution >= 4 is 33.7 Å². The van der Waals surface area contributed by atoms with E-state index < -0.39 is 5.82 Å². The van der Waals surface area contributed by atoms with Crippen LogP contribution in [-0.4, -0.2) is 44.8 Å². The molecule has 1 fully saturated rings. The van der Waals surface area contributed by atoms with Gasteiger partial charge >= 0.3 is 0 Å². The average Bonchev–Trinajstić information content (AvgIpc) is 3.30. The SMILES string of the molecule is Cc1cn2cc(Nc3n[nH]c4cc(N5C[C@@H](C)N[C@H](C)C5)cc(C#N)c34)cc(F)c2n1. The lowest BCUT2D eigenvalue weighted by atomic mass is 10.1. The fraction of sp³-hybridized carbons (Fsp3) is 0.318. The molecule has 2 atom stereocenters. The van der Waals surface area contributed by atoms with Crippen molar-refractivity contribution in [1.82, 2.24) is 24.9 Å². The van der Waals surface area contributed by atoms with Gasteiger partial charge in [0.1, 0.15) is 6.07 Å². The monoisotopic (exact) mass is 418 g/mol. The maximum atomic E-state index is 14.5. The van der Waals surface area contributed by atoms with Crippen LogP contribution >= 0.6 is 0 Å². The molecule has 0 amide bonds. The Bertz CT molecular complexity index is 1320. The second-order valence-corrected chi connectivity index (χ2v) is 8.29. The molecule has 0 aliphatic carbocycles. The standard InChI is InChI=1S/C22H23FN8/c1-12-8-30(9-13(2)25-12)17-4-15(7-24)20-19(6-17)28-29-21(20)27-16-5-18(23)22-26-14(3)10-31(22)11-16/h4-6,10-13,25H,8-9H2,1-3H3,(H2,27,28,29)/t12-,13-/m1/s1. The molecule has 1 aliphatic rings. The highest BCUT2D eigenvalue weighted by atomic mass is 19.1. The van der Waals surface area contributed by atoms with E-state index in [4.69, 9.17) is 0 Å². The number of aromatic amines is 1. The molecule has 0 unspecified atom stereocenters. The zero-order valence-electron chi connectivity index (χ0n) is 17.6. The van der Waals surface area contributed by atoms with Crippen molar-refractivity contribution in [3.8, 4) is 6.07 Å². The van der Waals surface area contributed by atoms with E-state index in [0.29, 0.717) is 34.5 Å². The van der Waals surface area contributed by atoms with Gasteiger partial charge in [-0.3, -0.25) is 5.10 Å². The molecule has 158 valence electrons. The maximum Gasteiger partial charge on any atom is 0.173 e. The number of fused-ring (bicyclic) bond motifs is 2. The Morgan fingerprint density at radius 2 is 1.97 bits per heavy atom. The van der Waals surface area contributed by atoms with Crippen LogP contribution in [0.1, 0.15) is 25.1 Å². The molecule has 0 radical (unpaired) electrons. The molecule has 1 aromatic carbocycles. The molecule has 8 nitrogen and oxygen atoms in total. The summed E-state index contributed by atoms with van der Waals surface area (Å²) in [5.74, 6) is 0.0541. The summed E-state index contributed by atoms with van der Waals surface area (Å²) in [7, 11) is 0. The summed E-state index contributed by atoms with van der Waals surface area (Å²) in [5, 5.41) is 24.6. The van der Waals surface area contributed by atoms with E-state index in [1.807, 2.05) is 19.1 Å². The van der Waals surface area contributed by atoms with Crippen molar-refractivity contribution in [1.29, 1.82) is 5.26 Å². The van der Waals surface area contributed by atoms with Crippen molar-refractivity contribution in [3.05, 3.63) is 47.7 Å². The van der Waals surface area contributed by atoms with Gasteiger partial charge in [-0.15, -0.1) is 0 Å². The third kappa shape index (κ3) is 3.45. The number of rotatable bonds is 3. The lowest BCUT2D eigenvalue weighted by Crippen LogP contribution is -2.54. The zero-order valence-corrected chi connectivity index (χ0v) is 17.6. The Hall–Kier alpha value is -3.64. The Morgan fingerprint density at radius 3 is 2.71 bits per heavy atom. The summed E-state index contributed by atoms with van der Waals surface area (Å²) in [6, 6.07) is 8.32. The number of hydrogen-bond acceptors (Lipinski definition) is 6. The van der Waals surface area contributed by atoms with Crippen molar-refractivity contribution in [3.63, 3.8) is 0 Å². The highest BCUT2D eigenvalue weighted by Crippen LogP contribution is 2.32. The molecule has 0 bridgehead atoms. The minimum absolute atomic E-state index is 0.275. The van der Waals surface area contributed by atoms with Gasteiger partial charge in [-0.25, -0.2) is 9.37 Å². The predicted molar refractivity (Wildman–Crippen MR) is 118 cm³/mol. The number of H-pyrrole nitrogens is 1. The molecule has 9 heteroatoms. The third-order valence-corrected chi connectivity index (χ3v) is 5.58. The second kappa shape index (κ2) is 7.25. The van der Waals surface area contributed by atoms with E-state index in [9.17, 15) is 9.65 Å². The molecular formula is C22H23FN8. The fourth-order valence-electron chi connectivity index (χ4n) is 4.43. The molecule has 3 N–H and O–H groups in total. The van der Waals surface area contributed by atoms with E-state index in [0.717, 1.165) is 30.0 Å². The van der Waals surface area contributed by atoms with Crippen LogP contribution in [0.4, 0.5) is 21.6 Å². The molecule has 4 heterocycles. The number of piperazine rings is 1. The van der Waals surface area contributed by atoms with Crippen LogP contribution in [0.25, 0.3) is 16.6 Å². The first-order chi connectivity index (χ1) is 14.9. The van der Waals surface area contributed by atoms with Crippen LogP contribution in [0.3, 0.4) is 0 Å². The highest BCUT2D eigenvalue weighted by molar-refractivity contribution is 5.98. The average molecular weight is 418 g/mol. The van der Waals surface area contributed by atoms with Gasteiger partial charge in [-0.05, 0) is 32.9 Å². The van der Waals surface area contributed by atoms with Gasteiger partial charge in [-0.2, -0.15) is 10.4 Å². The number of nitriles is 1. The van der Waals surface area contributed by atoms with E-state index in [1.54, 1.807) is 16.8 Å². The molecule has 0 saturated carbocycles. The normalized spacial score (nSPS) is 19.1. The molecule has 3 aromatic heterocycles. The first-order valence-electron chi connectivity index (χ1n) is 10.3. The molecule has 31 heavy (non-hydrogen) atoms. The number of benzene rings is 1. The number of anilines is 3. The maximum absolute atomic E-state index is 14.5. The van der Waals surface area contributed by atoms with E-state index >= 15 is 0 Å². The fourth-order valence-corrected chi connectivity index (χ4v) is 4.43. The lowest BCUT2D eigenvalue weighted by molar-refractivity contribution is 0.407. The summed E-state index contributed by atoms with van der Waals surface area (Å²) < 4.78 is 16.1. The van der Waals surface area contributed by atoms with E-state index in [1.165, 1.54) is 6.07 Å². The third-order valence-electron chi connectivity index (χ3n) is 5.58. The number of pyridine rings is 1. The van der Waals surface area contributed by atoms with Gasteiger partial charge < -0.3 is 19.9 Å². The van der Waals surface area contributed by atoms with Gasteiger partial charge in [0.05, 0.1) is 27.8 Å². The van der Waals surface area contributed by atoms with Crippen LogP contribution in [0, 0.1) is 24.1 Å². The summed E-state index contributed by atoms with van der Waals surface area (Å²) >= 11 is 0. The summed E-state index contributed by atoms with van der Waals surface area (Å²) in [4.78, 5) is 6.46. The second-order valence-electron chi connectivity index (χ2n) is 8.29. The van der Waals surface area contributed by atoms with E-state index in [-0.39, 0.29) is 5.65 Å². The molecule has 0 spiro atoms. The zero-order chi connectivity index (χ0) is 21.7. The van der Waals surface area contributed by atoms with Gasteiger partial charge in [0.25, 0.3) is 0 Å². The molecule has 4 aromatic rings. The largest absolute Gasteiger partial charge is 0.368 e. The molecular weight excluding hydrogens is 395 g/mol. The van der Waals surface area contributed by atoms with Crippen LogP contribution in [0.2, 0.25) is 0 Å². The molecule has 1 saturated heterocycles. The van der Waals surface area contributed by atoms with Gasteiger partial charge in [0.15, 0.2) is 17.3 Å². The Morgan fingerprint density at radius 1 is 1.19 bits per heavy atom. The number of halogens is 1. The smallest absolute Gasteiger partial charge is 0.173 e. The van der Waals surface area contributed by atoms with Crippen LogP contribution in [0.15, 0.2) is 30.6 Å². The van der Waals surface area contributed by atoms with Gasteiger partial charge in [0, 0.05) is 49.3 Å². The number of aryl methyl sites for hydroxylation is 1. The number of nitrogens with one attached hydrogen (secondary N) is 3.